The molecule has 5 rings (SSSR count). The summed E-state index contributed by atoms with van der Waals surface area (Å²) in [5.74, 6) is 2.00. The summed E-state index contributed by atoms with van der Waals surface area (Å²) in [4.78, 5) is 24.7. The van der Waals surface area contributed by atoms with Crippen molar-refractivity contribution in [2.75, 3.05) is 13.1 Å². The molecule has 1 aliphatic heterocycles. The van der Waals surface area contributed by atoms with Gasteiger partial charge in [0.05, 0.1) is 5.69 Å². The summed E-state index contributed by atoms with van der Waals surface area (Å²) in [7, 11) is 0. The SMILES string of the molecule is CCc1ccc(C2CC(c3cn(-c4ccccn4)cn3)CN(C(=O)C3CCCC3)C2)cc1. The zero-order chi connectivity index (χ0) is 21.9. The van der Waals surface area contributed by atoms with Gasteiger partial charge in [-0.3, -0.25) is 9.36 Å². The highest BCUT2D eigenvalue weighted by Crippen LogP contribution is 2.37. The molecule has 0 N–H and O–H groups in total. The highest BCUT2D eigenvalue weighted by molar-refractivity contribution is 5.79. The largest absolute Gasteiger partial charge is 0.341 e. The molecule has 5 heteroatoms. The lowest BCUT2D eigenvalue weighted by Gasteiger charge is -2.39. The molecule has 1 amide bonds. The molecule has 5 nitrogen and oxygen atoms in total. The number of carbonyl (C=O) groups is 1. The van der Waals surface area contributed by atoms with Gasteiger partial charge in [0.25, 0.3) is 0 Å². The van der Waals surface area contributed by atoms with E-state index in [1.165, 1.54) is 24.0 Å². The minimum absolute atomic E-state index is 0.211. The van der Waals surface area contributed by atoms with Crippen molar-refractivity contribution >= 4 is 5.91 Å². The molecule has 1 saturated carbocycles. The Kier molecular flexibility index (Phi) is 6.06. The van der Waals surface area contributed by atoms with Gasteiger partial charge in [-0.2, -0.15) is 0 Å². The van der Waals surface area contributed by atoms with Crippen LogP contribution in [0.3, 0.4) is 0 Å². The lowest BCUT2D eigenvalue weighted by Crippen LogP contribution is -2.44. The van der Waals surface area contributed by atoms with Gasteiger partial charge in [0.15, 0.2) is 0 Å². The van der Waals surface area contributed by atoms with Crippen LogP contribution in [-0.2, 0) is 11.2 Å². The molecule has 2 unspecified atom stereocenters. The maximum absolute atomic E-state index is 13.4. The standard InChI is InChI=1S/C27H32N4O/c1-2-20-10-12-21(13-11-20)23-15-24(17-30(16-23)27(32)22-7-3-4-8-22)25-18-31(19-29-25)26-9-5-6-14-28-26/h5-6,9-14,18-19,22-24H,2-4,7-8,15-17H2,1H3. The summed E-state index contributed by atoms with van der Waals surface area (Å²) in [6.07, 6.45) is 12.3. The molecule has 0 radical (unpaired) electrons. The van der Waals surface area contributed by atoms with Crippen molar-refractivity contribution in [1.82, 2.24) is 19.4 Å². The third-order valence-electron chi connectivity index (χ3n) is 7.26. The van der Waals surface area contributed by atoms with Crippen molar-refractivity contribution in [1.29, 1.82) is 0 Å². The summed E-state index contributed by atoms with van der Waals surface area (Å²) < 4.78 is 1.98. The number of carbonyl (C=O) groups excluding carboxylic acids is 1. The van der Waals surface area contributed by atoms with E-state index in [-0.39, 0.29) is 11.8 Å². The fourth-order valence-electron chi connectivity index (χ4n) is 5.37. The highest BCUT2D eigenvalue weighted by Gasteiger charge is 2.36. The van der Waals surface area contributed by atoms with Gasteiger partial charge in [-0.1, -0.05) is 50.1 Å². The molecule has 166 valence electrons. The van der Waals surface area contributed by atoms with Crippen LogP contribution in [0.5, 0.6) is 0 Å². The fraction of sp³-hybridized carbons (Fsp3) is 0.444. The number of amides is 1. The van der Waals surface area contributed by atoms with Crippen molar-refractivity contribution in [2.45, 2.75) is 57.3 Å². The lowest BCUT2D eigenvalue weighted by atomic mass is 9.82. The third-order valence-corrected chi connectivity index (χ3v) is 7.26. The van der Waals surface area contributed by atoms with Crippen molar-refractivity contribution in [3.63, 3.8) is 0 Å². The average molecular weight is 429 g/mol. The number of imidazole rings is 1. The van der Waals surface area contributed by atoms with Crippen molar-refractivity contribution in [2.24, 2.45) is 5.92 Å². The quantitative estimate of drug-likeness (QED) is 0.567. The van der Waals surface area contributed by atoms with Gasteiger partial charge in [0.2, 0.25) is 5.91 Å². The molecule has 2 atom stereocenters. The van der Waals surface area contributed by atoms with Crippen LogP contribution < -0.4 is 0 Å². The number of benzene rings is 1. The molecular weight excluding hydrogens is 396 g/mol. The van der Waals surface area contributed by atoms with Crippen LogP contribution in [0.1, 0.15) is 67.7 Å². The molecule has 1 aromatic carbocycles. The summed E-state index contributed by atoms with van der Waals surface area (Å²) in [6.45, 7) is 3.77. The molecule has 0 spiro atoms. The van der Waals surface area contributed by atoms with E-state index in [4.69, 9.17) is 4.98 Å². The molecule has 2 aliphatic rings. The summed E-state index contributed by atoms with van der Waals surface area (Å²) in [6, 6.07) is 14.9. The smallest absolute Gasteiger partial charge is 0.225 e. The van der Waals surface area contributed by atoms with E-state index >= 15 is 0 Å². The zero-order valence-electron chi connectivity index (χ0n) is 18.9. The van der Waals surface area contributed by atoms with E-state index in [1.54, 1.807) is 6.20 Å². The number of hydrogen-bond acceptors (Lipinski definition) is 3. The van der Waals surface area contributed by atoms with Crippen LogP contribution in [0.4, 0.5) is 0 Å². The van der Waals surface area contributed by atoms with Gasteiger partial charge >= 0.3 is 0 Å². The number of nitrogens with zero attached hydrogens (tertiary/aromatic N) is 4. The summed E-state index contributed by atoms with van der Waals surface area (Å²) in [5.41, 5.74) is 3.74. The fourth-order valence-corrected chi connectivity index (χ4v) is 5.37. The Bertz CT molecular complexity index is 1040. The van der Waals surface area contributed by atoms with E-state index < -0.39 is 0 Å². The van der Waals surface area contributed by atoms with E-state index in [1.807, 2.05) is 29.1 Å². The van der Waals surface area contributed by atoms with Gasteiger partial charge in [0, 0.05) is 43.2 Å². The van der Waals surface area contributed by atoms with Crippen molar-refractivity contribution in [3.8, 4) is 5.82 Å². The molecule has 32 heavy (non-hydrogen) atoms. The predicted molar refractivity (Wildman–Crippen MR) is 126 cm³/mol. The van der Waals surface area contributed by atoms with Gasteiger partial charge in [0.1, 0.15) is 12.1 Å². The first-order valence-electron chi connectivity index (χ1n) is 12.0. The van der Waals surface area contributed by atoms with E-state index in [2.05, 4.69) is 47.3 Å². The topological polar surface area (TPSA) is 51.0 Å². The second-order valence-electron chi connectivity index (χ2n) is 9.34. The number of pyridine rings is 1. The molecule has 2 fully saturated rings. The predicted octanol–water partition coefficient (Wildman–Crippen LogP) is 5.12. The number of aromatic nitrogens is 3. The van der Waals surface area contributed by atoms with Crippen LogP contribution in [-0.4, -0.2) is 38.4 Å². The minimum Gasteiger partial charge on any atom is -0.341 e. The Hall–Kier alpha value is -2.95. The molecular formula is C27H32N4O. The monoisotopic (exact) mass is 428 g/mol. The number of likely N-dealkylation sites (tertiary alicyclic amines) is 1. The maximum atomic E-state index is 13.4. The van der Waals surface area contributed by atoms with Crippen molar-refractivity contribution in [3.05, 3.63) is 78.0 Å². The normalized spacial score (nSPS) is 21.7. The maximum Gasteiger partial charge on any atom is 0.225 e. The molecule has 3 aromatic rings. The average Bonchev–Trinajstić information content (AvgIpc) is 3.57. The van der Waals surface area contributed by atoms with Crippen LogP contribution in [0.15, 0.2) is 61.2 Å². The first kappa shape index (κ1) is 20.9. The van der Waals surface area contributed by atoms with Gasteiger partial charge in [-0.05, 0) is 48.9 Å². The Morgan fingerprint density at radius 2 is 1.78 bits per heavy atom. The van der Waals surface area contributed by atoms with E-state index in [0.29, 0.717) is 11.8 Å². The Labute approximate surface area is 190 Å². The molecule has 0 bridgehead atoms. The highest BCUT2D eigenvalue weighted by atomic mass is 16.2. The van der Waals surface area contributed by atoms with E-state index in [0.717, 1.165) is 50.3 Å². The van der Waals surface area contributed by atoms with E-state index in [9.17, 15) is 4.79 Å². The molecule has 1 saturated heterocycles. The Morgan fingerprint density at radius 3 is 2.50 bits per heavy atom. The summed E-state index contributed by atoms with van der Waals surface area (Å²) in [5, 5.41) is 0. The Morgan fingerprint density at radius 1 is 1.00 bits per heavy atom. The molecule has 1 aliphatic carbocycles. The van der Waals surface area contributed by atoms with Crippen LogP contribution in [0.25, 0.3) is 5.82 Å². The summed E-state index contributed by atoms with van der Waals surface area (Å²) >= 11 is 0. The van der Waals surface area contributed by atoms with Crippen LogP contribution >= 0.6 is 0 Å². The number of aryl methyl sites for hydroxylation is 1. The number of rotatable bonds is 5. The minimum atomic E-state index is 0.211. The third kappa shape index (κ3) is 4.34. The second-order valence-corrected chi connectivity index (χ2v) is 9.34. The zero-order valence-corrected chi connectivity index (χ0v) is 18.9. The van der Waals surface area contributed by atoms with Gasteiger partial charge in [-0.25, -0.2) is 9.97 Å². The van der Waals surface area contributed by atoms with Crippen LogP contribution in [0, 0.1) is 5.92 Å². The van der Waals surface area contributed by atoms with Crippen LogP contribution in [0.2, 0.25) is 0 Å². The first-order chi connectivity index (χ1) is 15.7. The van der Waals surface area contributed by atoms with Crippen molar-refractivity contribution < 1.29 is 4.79 Å². The number of hydrogen-bond donors (Lipinski definition) is 0. The van der Waals surface area contributed by atoms with Gasteiger partial charge < -0.3 is 4.90 Å². The second kappa shape index (κ2) is 9.27. The molecule has 3 heterocycles. The first-order valence-corrected chi connectivity index (χ1v) is 12.0. The van der Waals surface area contributed by atoms with Gasteiger partial charge in [-0.15, -0.1) is 0 Å². The number of piperidine rings is 1. The molecule has 2 aromatic heterocycles. The Balaban J connectivity index is 1.41. The lowest BCUT2D eigenvalue weighted by molar-refractivity contribution is -0.137.